The number of amidine groups is 1. The van der Waals surface area contributed by atoms with E-state index >= 15 is 0 Å². The van der Waals surface area contributed by atoms with Gasteiger partial charge in [-0.3, -0.25) is 14.5 Å². The zero-order chi connectivity index (χ0) is 21.7. The molecule has 1 amide bonds. The molecule has 0 saturated heterocycles. The lowest BCUT2D eigenvalue weighted by Crippen LogP contribution is -2.29. The van der Waals surface area contributed by atoms with Gasteiger partial charge in [-0.05, 0) is 29.7 Å². The molecule has 0 atom stereocenters. The van der Waals surface area contributed by atoms with Crippen molar-refractivity contribution in [2.75, 3.05) is 13.1 Å². The van der Waals surface area contributed by atoms with Gasteiger partial charge < -0.3 is 5.32 Å². The Labute approximate surface area is 182 Å². The molecule has 0 aliphatic carbocycles. The topological polar surface area (TPSA) is 87.6 Å². The summed E-state index contributed by atoms with van der Waals surface area (Å²) in [7, 11) is -3.60. The summed E-state index contributed by atoms with van der Waals surface area (Å²) < 4.78 is 26.7. The van der Waals surface area contributed by atoms with E-state index in [0.717, 1.165) is 6.42 Å². The number of nitrogens with zero attached hydrogens (tertiary/aromatic N) is 1. The molecule has 0 saturated carbocycles. The third-order valence-corrected chi connectivity index (χ3v) is 6.60. The number of amides is 1. The van der Waals surface area contributed by atoms with Crippen molar-refractivity contribution in [3.63, 3.8) is 0 Å². The van der Waals surface area contributed by atoms with Crippen LogP contribution in [0.1, 0.15) is 29.0 Å². The molecular weight excluding hydrogens is 410 g/mol. The fraction of sp³-hybridized carbons (Fsp3) is 0.167. The van der Waals surface area contributed by atoms with Crippen LogP contribution in [0.3, 0.4) is 0 Å². The van der Waals surface area contributed by atoms with E-state index in [1.807, 2.05) is 36.4 Å². The largest absolute Gasteiger partial charge is 0.354 e. The van der Waals surface area contributed by atoms with Crippen LogP contribution in [0.4, 0.5) is 0 Å². The number of hydrogen-bond donors (Lipinski definition) is 2. The molecule has 1 aliphatic rings. The summed E-state index contributed by atoms with van der Waals surface area (Å²) in [6, 6.07) is 27.0. The number of carbonyl (C=O) groups excluding carboxylic acids is 1. The minimum atomic E-state index is -3.60. The zero-order valence-electron chi connectivity index (χ0n) is 16.9. The molecule has 31 heavy (non-hydrogen) atoms. The van der Waals surface area contributed by atoms with Crippen molar-refractivity contribution < 1.29 is 13.2 Å². The highest BCUT2D eigenvalue weighted by molar-refractivity contribution is 7.90. The Morgan fingerprint density at radius 3 is 2.10 bits per heavy atom. The molecule has 3 aromatic rings. The van der Waals surface area contributed by atoms with E-state index in [2.05, 4.69) is 39.3 Å². The van der Waals surface area contributed by atoms with Gasteiger partial charge in [0, 0.05) is 18.0 Å². The van der Waals surface area contributed by atoms with Gasteiger partial charge in [-0.1, -0.05) is 72.8 Å². The molecule has 7 heteroatoms. The molecule has 1 aliphatic heterocycles. The zero-order valence-corrected chi connectivity index (χ0v) is 17.7. The van der Waals surface area contributed by atoms with Crippen molar-refractivity contribution >= 4 is 21.8 Å². The lowest BCUT2D eigenvalue weighted by atomic mass is 9.88. The Morgan fingerprint density at radius 2 is 1.45 bits per heavy atom. The molecule has 3 aromatic carbocycles. The van der Waals surface area contributed by atoms with Crippen LogP contribution in [0.25, 0.3) is 0 Å². The highest BCUT2D eigenvalue weighted by Gasteiger charge is 2.30. The quantitative estimate of drug-likeness (QED) is 0.600. The van der Waals surface area contributed by atoms with Gasteiger partial charge in [0.05, 0.1) is 4.90 Å². The van der Waals surface area contributed by atoms with Gasteiger partial charge in [0.1, 0.15) is 12.4 Å². The van der Waals surface area contributed by atoms with Gasteiger partial charge in [-0.25, -0.2) is 8.42 Å². The van der Waals surface area contributed by atoms with Gasteiger partial charge in [-0.2, -0.15) is 0 Å². The van der Waals surface area contributed by atoms with Gasteiger partial charge in [-0.15, -0.1) is 0 Å². The van der Waals surface area contributed by atoms with Crippen LogP contribution < -0.4 is 10.0 Å². The first kappa shape index (κ1) is 20.8. The lowest BCUT2D eigenvalue weighted by molar-refractivity contribution is -0.119. The van der Waals surface area contributed by atoms with Crippen molar-refractivity contribution in [2.45, 2.75) is 17.2 Å². The third-order valence-electron chi connectivity index (χ3n) is 5.20. The summed E-state index contributed by atoms with van der Waals surface area (Å²) in [5.41, 5.74) is 2.88. The van der Waals surface area contributed by atoms with Crippen molar-refractivity contribution in [1.29, 1.82) is 0 Å². The summed E-state index contributed by atoms with van der Waals surface area (Å²) in [4.78, 5) is 16.7. The monoisotopic (exact) mass is 433 g/mol. The smallest absolute Gasteiger partial charge is 0.263 e. The number of nitrogens with one attached hydrogen (secondary N) is 2. The lowest BCUT2D eigenvalue weighted by Gasteiger charge is -2.18. The summed E-state index contributed by atoms with van der Waals surface area (Å²) in [5.74, 6) is 0.121. The molecule has 6 nitrogen and oxygen atoms in total. The maximum absolute atomic E-state index is 12.3. The van der Waals surface area contributed by atoms with Gasteiger partial charge in [0.15, 0.2) is 0 Å². The van der Waals surface area contributed by atoms with E-state index in [0.29, 0.717) is 12.1 Å². The number of aliphatic imine (C=N–C) groups is 1. The number of benzene rings is 3. The van der Waals surface area contributed by atoms with Gasteiger partial charge in [0.2, 0.25) is 5.91 Å². The molecular formula is C24H23N3O3S. The van der Waals surface area contributed by atoms with Gasteiger partial charge in [0.25, 0.3) is 10.0 Å². The summed E-state index contributed by atoms with van der Waals surface area (Å²) in [6.07, 6.45) is 0.742. The van der Waals surface area contributed by atoms with E-state index in [9.17, 15) is 13.2 Å². The predicted octanol–water partition coefficient (Wildman–Crippen LogP) is 3.06. The predicted molar refractivity (Wildman–Crippen MR) is 121 cm³/mol. The maximum Gasteiger partial charge on any atom is 0.263 e. The standard InChI is InChI=1S/C24H23N3O3S/c28-23(17-26-24-21-13-7-8-14-22(21)31(29,30)27-24)25-16-15-20(18-9-3-1-4-10-18)19-11-5-2-6-12-19/h1-14,20H,15-17H2,(H,25,28)(H,26,27). The van der Waals surface area contributed by atoms with E-state index in [-0.39, 0.29) is 29.1 Å². The number of hydrogen-bond acceptors (Lipinski definition) is 4. The fourth-order valence-electron chi connectivity index (χ4n) is 3.71. The molecule has 0 aromatic heterocycles. The number of sulfonamides is 1. The Hall–Kier alpha value is -3.45. The first-order valence-corrected chi connectivity index (χ1v) is 11.6. The molecule has 0 unspecified atom stereocenters. The second kappa shape index (κ2) is 9.14. The molecule has 0 spiro atoms. The van der Waals surface area contributed by atoms with Crippen LogP contribution in [0, 0.1) is 0 Å². The van der Waals surface area contributed by atoms with Crippen molar-refractivity contribution in [1.82, 2.24) is 10.0 Å². The summed E-state index contributed by atoms with van der Waals surface area (Å²) in [5, 5.41) is 2.90. The van der Waals surface area contributed by atoms with Crippen molar-refractivity contribution in [3.05, 3.63) is 102 Å². The Bertz CT molecular complexity index is 1150. The van der Waals surface area contributed by atoms with E-state index in [1.54, 1.807) is 18.2 Å². The van der Waals surface area contributed by atoms with Crippen LogP contribution in [-0.2, 0) is 14.8 Å². The summed E-state index contributed by atoms with van der Waals surface area (Å²) in [6.45, 7) is 0.341. The van der Waals surface area contributed by atoms with Crippen LogP contribution >= 0.6 is 0 Å². The van der Waals surface area contributed by atoms with Gasteiger partial charge >= 0.3 is 0 Å². The average molecular weight is 434 g/mol. The second-order valence-electron chi connectivity index (χ2n) is 7.28. The highest BCUT2D eigenvalue weighted by Crippen LogP contribution is 2.27. The number of rotatable bonds is 7. The van der Waals surface area contributed by atoms with Crippen LogP contribution in [0.15, 0.2) is 94.8 Å². The van der Waals surface area contributed by atoms with E-state index in [1.165, 1.54) is 17.2 Å². The van der Waals surface area contributed by atoms with E-state index < -0.39 is 10.0 Å². The van der Waals surface area contributed by atoms with E-state index in [4.69, 9.17) is 0 Å². The second-order valence-corrected chi connectivity index (χ2v) is 8.93. The minimum absolute atomic E-state index is 0.145. The first-order valence-electron chi connectivity index (χ1n) is 10.1. The van der Waals surface area contributed by atoms with Crippen LogP contribution in [0.2, 0.25) is 0 Å². The molecule has 1 heterocycles. The Kier molecular flexibility index (Phi) is 6.13. The maximum atomic E-state index is 12.3. The normalized spacial score (nSPS) is 15.5. The minimum Gasteiger partial charge on any atom is -0.354 e. The SMILES string of the molecule is O=C(CN=C1NS(=O)(=O)c2ccccc21)NCCC(c1ccccc1)c1ccccc1. The van der Waals surface area contributed by atoms with Crippen molar-refractivity contribution in [3.8, 4) is 0 Å². The molecule has 0 fully saturated rings. The van der Waals surface area contributed by atoms with Crippen LogP contribution in [0.5, 0.6) is 0 Å². The molecule has 0 radical (unpaired) electrons. The molecule has 4 rings (SSSR count). The molecule has 0 bridgehead atoms. The highest BCUT2D eigenvalue weighted by atomic mass is 32.2. The van der Waals surface area contributed by atoms with Crippen LogP contribution in [-0.4, -0.2) is 33.3 Å². The Morgan fingerprint density at radius 1 is 0.871 bits per heavy atom. The number of carbonyl (C=O) groups is 1. The molecule has 158 valence electrons. The molecule has 2 N–H and O–H groups in total. The summed E-state index contributed by atoms with van der Waals surface area (Å²) >= 11 is 0. The first-order chi connectivity index (χ1) is 15.0. The fourth-order valence-corrected chi connectivity index (χ4v) is 4.96. The Balaban J connectivity index is 1.38. The average Bonchev–Trinajstić information content (AvgIpc) is 3.07. The third kappa shape index (κ3) is 4.83. The number of fused-ring (bicyclic) bond motifs is 1. The van der Waals surface area contributed by atoms with Crippen molar-refractivity contribution in [2.24, 2.45) is 4.99 Å².